The van der Waals surface area contributed by atoms with Crippen molar-refractivity contribution in [3.05, 3.63) is 156 Å². The molecule has 3 aliphatic heterocycles. The van der Waals surface area contributed by atoms with E-state index in [1.165, 1.54) is 12.8 Å². The first kappa shape index (κ1) is 59.4. The quantitative estimate of drug-likeness (QED) is 0.0475. The fraction of sp³-hybridized carbons (Fsp3) is 0.338. The summed E-state index contributed by atoms with van der Waals surface area (Å²) in [6.45, 7) is 6.40. The van der Waals surface area contributed by atoms with Crippen LogP contribution in [-0.4, -0.2) is 82.8 Å². The van der Waals surface area contributed by atoms with Gasteiger partial charge in [-0.15, -0.1) is 0 Å². The number of nitrogens with two attached hydrogens (primary N) is 2. The molecule has 5 N–H and O–H groups in total. The Morgan fingerprint density at radius 1 is 0.627 bits per heavy atom. The fourth-order valence-corrected chi connectivity index (χ4v) is 10.1. The Morgan fingerprint density at radius 2 is 1.17 bits per heavy atom. The van der Waals surface area contributed by atoms with Gasteiger partial charge in [0.1, 0.15) is 17.9 Å². The molecule has 5 atom stereocenters. The maximum absolute atomic E-state index is 12.7. The monoisotopic (exact) mass is 1120 g/mol. The highest BCUT2D eigenvalue weighted by Gasteiger charge is 2.35. The van der Waals surface area contributed by atoms with Crippen LogP contribution in [0.15, 0.2) is 133 Å². The number of nitrogens with one attached hydrogen (secondary N) is 1. The van der Waals surface area contributed by atoms with Crippen LogP contribution in [0.3, 0.4) is 0 Å². The van der Waals surface area contributed by atoms with E-state index in [4.69, 9.17) is 50.9 Å². The molecular formula is C65H69N9O9. The number of carbonyl (C=O) groups is 4. The molecule has 18 heteroatoms. The van der Waals surface area contributed by atoms with Gasteiger partial charge in [0.05, 0.1) is 39.6 Å². The van der Waals surface area contributed by atoms with Crippen molar-refractivity contribution in [3.63, 3.8) is 0 Å². The van der Waals surface area contributed by atoms with E-state index in [0.29, 0.717) is 92.7 Å². The number of anilines is 5. The van der Waals surface area contributed by atoms with Crippen LogP contribution >= 0.6 is 0 Å². The Bertz CT molecular complexity index is 3420. The molecule has 6 aromatic rings. The van der Waals surface area contributed by atoms with Crippen LogP contribution in [0.5, 0.6) is 28.7 Å². The van der Waals surface area contributed by atoms with Gasteiger partial charge in [0.2, 0.25) is 23.6 Å². The molecule has 3 heterocycles. The van der Waals surface area contributed by atoms with Gasteiger partial charge in [-0.05, 0) is 147 Å². The van der Waals surface area contributed by atoms with E-state index in [1.807, 2.05) is 114 Å². The lowest BCUT2D eigenvalue weighted by Crippen LogP contribution is -2.24. The number of amides is 4. The van der Waals surface area contributed by atoms with Gasteiger partial charge in [-0.2, -0.15) is 15.8 Å². The van der Waals surface area contributed by atoms with Crippen molar-refractivity contribution in [2.24, 2.45) is 11.7 Å². The van der Waals surface area contributed by atoms with Gasteiger partial charge < -0.3 is 55.2 Å². The summed E-state index contributed by atoms with van der Waals surface area (Å²) >= 11 is 0. The smallest absolute Gasteiger partial charge is 0.248 e. The summed E-state index contributed by atoms with van der Waals surface area (Å²) in [7, 11) is 3.20. The second kappa shape index (κ2) is 28.1. The Balaban J connectivity index is 0.000000163. The Labute approximate surface area is 484 Å². The predicted molar refractivity (Wildman–Crippen MR) is 317 cm³/mol. The van der Waals surface area contributed by atoms with Crippen molar-refractivity contribution in [2.45, 2.75) is 88.7 Å². The summed E-state index contributed by atoms with van der Waals surface area (Å²) < 4.78 is 28.1. The minimum absolute atomic E-state index is 0.00204. The molecule has 0 bridgehead atoms. The molecule has 0 radical (unpaired) electrons. The van der Waals surface area contributed by atoms with Crippen molar-refractivity contribution in [2.75, 3.05) is 72.8 Å². The molecule has 10 rings (SSSR count). The Kier molecular flexibility index (Phi) is 20.1. The molecule has 1 saturated carbocycles. The van der Waals surface area contributed by atoms with E-state index >= 15 is 0 Å². The highest BCUT2D eigenvalue weighted by atomic mass is 16.5. The molecule has 4 aliphatic rings. The normalized spacial score (nSPS) is 17.8. The third kappa shape index (κ3) is 15.8. The second-order valence-corrected chi connectivity index (χ2v) is 20.9. The molecule has 1 aliphatic carbocycles. The minimum Gasteiger partial charge on any atom is -0.494 e. The van der Waals surface area contributed by atoms with Crippen molar-refractivity contribution in [3.8, 4) is 47.0 Å². The van der Waals surface area contributed by atoms with E-state index in [1.54, 1.807) is 68.2 Å². The third-order valence-corrected chi connectivity index (χ3v) is 14.7. The third-order valence-electron chi connectivity index (χ3n) is 14.7. The number of ether oxygens (including phenoxy) is 5. The first-order valence-electron chi connectivity index (χ1n) is 27.7. The van der Waals surface area contributed by atoms with E-state index in [9.17, 15) is 19.2 Å². The van der Waals surface area contributed by atoms with Crippen molar-refractivity contribution >= 4 is 52.1 Å². The number of methoxy groups -OCH3 is 2. The van der Waals surface area contributed by atoms with Crippen molar-refractivity contribution in [1.29, 1.82) is 15.8 Å². The zero-order valence-electron chi connectivity index (χ0n) is 47.2. The van der Waals surface area contributed by atoms with Crippen LogP contribution in [0.4, 0.5) is 28.4 Å². The number of carbonyl (C=O) groups excluding carboxylic acids is 4. The van der Waals surface area contributed by atoms with Gasteiger partial charge >= 0.3 is 0 Å². The predicted octanol–water partition coefficient (Wildman–Crippen LogP) is 10.4. The molecule has 3 saturated heterocycles. The van der Waals surface area contributed by atoms with Crippen molar-refractivity contribution in [1.82, 2.24) is 0 Å². The molecule has 428 valence electrons. The average Bonchev–Trinajstić information content (AvgIpc) is 4.16. The average molecular weight is 1120 g/mol. The minimum atomic E-state index is -0.609. The van der Waals surface area contributed by atoms with Crippen LogP contribution in [0.1, 0.15) is 104 Å². The van der Waals surface area contributed by atoms with Gasteiger partial charge in [0.25, 0.3) is 0 Å². The van der Waals surface area contributed by atoms with Crippen LogP contribution in [0, 0.1) is 39.9 Å². The molecule has 6 aromatic carbocycles. The highest BCUT2D eigenvalue weighted by Crippen LogP contribution is 2.40. The maximum atomic E-state index is 12.7. The highest BCUT2D eigenvalue weighted by molar-refractivity contribution is 6.00. The van der Waals surface area contributed by atoms with Gasteiger partial charge in [-0.3, -0.25) is 19.2 Å². The Hall–Kier alpha value is -9.73. The number of primary amides is 1. The van der Waals surface area contributed by atoms with Gasteiger partial charge in [0.15, 0.2) is 29.1 Å². The first-order chi connectivity index (χ1) is 40.2. The van der Waals surface area contributed by atoms with Crippen LogP contribution in [-0.2, 0) is 14.4 Å². The fourth-order valence-electron chi connectivity index (χ4n) is 10.1. The topological polar surface area (TPSA) is 260 Å². The van der Waals surface area contributed by atoms with Crippen molar-refractivity contribution < 1.29 is 42.9 Å². The largest absolute Gasteiger partial charge is 0.494 e. The van der Waals surface area contributed by atoms with Crippen LogP contribution in [0.25, 0.3) is 0 Å². The summed E-state index contributed by atoms with van der Waals surface area (Å²) in [4.78, 5) is 54.4. The van der Waals surface area contributed by atoms with Gasteiger partial charge in [-0.1, -0.05) is 42.5 Å². The Morgan fingerprint density at radius 3 is 1.72 bits per heavy atom. The summed E-state index contributed by atoms with van der Waals surface area (Å²) in [5.74, 6) is 3.82. The first-order valence-corrected chi connectivity index (χ1v) is 27.7. The summed E-state index contributed by atoms with van der Waals surface area (Å²) in [5.41, 5.74) is 18.5. The number of rotatable bonds is 20. The molecule has 0 aromatic heterocycles. The standard InChI is InChI=1S/C23H24N4O3.C21H21N3O3.C21H24N2O3/c1-15(12-24)26-19-5-4-6-20(11-19)27-14-18(10-23(27)28)17-7-8-21(29-3)22(9-17)30-16(2)13-25;22-9-1-2-10-27-19-8-4-5-15(12-19)17-13-20(25)24(14-17)18-7-3-6-16(11-18)21(23)26;1-25-19-8-7-15(9-20(19)26-13-14-5-6-14)16-10-21(24)23(12-16)18-4-2-3-17(22)11-18/h4-9,11,15-16,18,26H,10,14H2,1-3H3;3-8,11-12,17H,1-2,10,13-14H2,(H2,23,26);2-4,7-9,11,14,16H,5-6,10,12-13,22H2,1H3/t15?,16?,18-;;16-/m0.0/s1. The van der Waals surface area contributed by atoms with E-state index < -0.39 is 12.0 Å². The van der Waals surface area contributed by atoms with Crippen LogP contribution in [0.2, 0.25) is 0 Å². The number of hydrogen-bond acceptors (Lipinski definition) is 14. The summed E-state index contributed by atoms with van der Waals surface area (Å²) in [6, 6.07) is 47.1. The van der Waals surface area contributed by atoms with Crippen LogP contribution < -0.4 is 55.2 Å². The number of hydrogen-bond donors (Lipinski definition) is 3. The number of unbranched alkanes of at least 4 members (excludes halogenated alkanes) is 1. The molecule has 83 heavy (non-hydrogen) atoms. The number of benzene rings is 6. The lowest BCUT2D eigenvalue weighted by molar-refractivity contribution is -0.118. The lowest BCUT2D eigenvalue weighted by Gasteiger charge is -2.19. The maximum Gasteiger partial charge on any atom is 0.248 e. The number of nitrogen functional groups attached to an aromatic ring is 1. The molecule has 18 nitrogen and oxygen atoms in total. The molecule has 0 spiro atoms. The summed E-state index contributed by atoms with van der Waals surface area (Å²) in [5, 5.41) is 29.7. The zero-order valence-corrected chi connectivity index (χ0v) is 47.2. The second-order valence-electron chi connectivity index (χ2n) is 20.9. The molecule has 4 amide bonds. The number of nitriles is 3. The van der Waals surface area contributed by atoms with Gasteiger partial charge in [-0.25, -0.2) is 0 Å². The molecule has 4 fully saturated rings. The zero-order chi connectivity index (χ0) is 59.0. The van der Waals surface area contributed by atoms with E-state index in [2.05, 4.69) is 17.5 Å². The lowest BCUT2D eigenvalue weighted by atomic mass is 9.98. The molecular weight excluding hydrogens is 1050 g/mol. The van der Waals surface area contributed by atoms with E-state index in [-0.39, 0.29) is 41.5 Å². The molecule has 3 unspecified atom stereocenters. The number of nitrogens with zero attached hydrogens (tertiary/aromatic N) is 6. The SMILES string of the molecule is COc1ccc([C@H]2CC(=O)N(c3cccc(N)c3)C2)cc1OCC1CC1.COc1ccc([C@H]2CC(=O)N(c3cccc(NC(C)C#N)c3)C2)cc1OC(C)C#N.N#CCCCOc1cccc(C2CC(=O)N(c3cccc(C(N)=O)c3)C2)c1. The van der Waals surface area contributed by atoms with E-state index in [0.717, 1.165) is 57.6 Å². The summed E-state index contributed by atoms with van der Waals surface area (Å²) in [6.07, 6.45) is 4.31. The van der Waals surface area contributed by atoms with Gasteiger partial charge in [0, 0.05) is 97.1 Å².